The van der Waals surface area contributed by atoms with Crippen molar-refractivity contribution < 1.29 is 0 Å². The minimum atomic E-state index is 1.24. The lowest BCUT2D eigenvalue weighted by molar-refractivity contribution is 1.22. The first-order valence-electron chi connectivity index (χ1n) is 2.25. The molecular weight excluding hydrogens is 124 g/mol. The van der Waals surface area contributed by atoms with Crippen LogP contribution in [0.15, 0.2) is 0 Å². The van der Waals surface area contributed by atoms with Crippen LogP contribution in [-0.4, -0.2) is 18.3 Å². The molecule has 0 heterocycles. The van der Waals surface area contributed by atoms with Crippen LogP contribution in [-0.2, 0) is 0 Å². The third-order valence-electron chi connectivity index (χ3n) is 0.606. The van der Waals surface area contributed by atoms with Crippen LogP contribution in [0.4, 0.5) is 0 Å². The van der Waals surface area contributed by atoms with Crippen molar-refractivity contribution in [2.24, 2.45) is 0 Å². The minimum absolute atomic E-state index is 1.24. The lowest BCUT2D eigenvalue weighted by atomic mass is 10.6. The number of rotatable bonds is 4. The highest BCUT2D eigenvalue weighted by molar-refractivity contribution is 8.00. The largest absolute Gasteiger partial charge is 0.165 e. The Bertz CT molecular complexity index is 25.3. The summed E-state index contributed by atoms with van der Waals surface area (Å²) in [5, 5.41) is 0. The summed E-state index contributed by atoms with van der Waals surface area (Å²) in [6.07, 6.45) is 5.47. The molecule has 7 heavy (non-hydrogen) atoms. The van der Waals surface area contributed by atoms with Crippen molar-refractivity contribution in [1.29, 1.82) is 0 Å². The van der Waals surface area contributed by atoms with Crippen molar-refractivity contribution in [3.63, 3.8) is 0 Å². The van der Waals surface area contributed by atoms with Crippen LogP contribution in [0.25, 0.3) is 0 Å². The molecular formula is C5H11S2. The molecule has 0 rings (SSSR count). The van der Waals surface area contributed by atoms with Crippen molar-refractivity contribution in [3.8, 4) is 0 Å². The fourth-order valence-electron chi connectivity index (χ4n) is 0.284. The smallest absolute Gasteiger partial charge is 0.0171 e. The van der Waals surface area contributed by atoms with E-state index in [2.05, 4.69) is 18.3 Å². The van der Waals surface area contributed by atoms with Gasteiger partial charge in [0, 0.05) is 5.75 Å². The zero-order valence-electron chi connectivity index (χ0n) is 4.81. The van der Waals surface area contributed by atoms with Gasteiger partial charge in [0.15, 0.2) is 0 Å². The molecule has 0 aliphatic carbocycles. The first kappa shape index (κ1) is 7.70. The van der Waals surface area contributed by atoms with Gasteiger partial charge in [0.2, 0.25) is 0 Å². The van der Waals surface area contributed by atoms with Gasteiger partial charge < -0.3 is 0 Å². The van der Waals surface area contributed by atoms with Crippen molar-refractivity contribution in [1.82, 2.24) is 0 Å². The third-order valence-corrected chi connectivity index (χ3v) is 1.82. The van der Waals surface area contributed by atoms with E-state index >= 15 is 0 Å². The average molecular weight is 135 g/mol. The number of hydrogen-bond donors (Lipinski definition) is 0. The van der Waals surface area contributed by atoms with Crippen molar-refractivity contribution >= 4 is 23.5 Å². The second-order valence-electron chi connectivity index (χ2n) is 1.18. The van der Waals surface area contributed by atoms with E-state index in [1.54, 1.807) is 11.8 Å². The molecule has 0 aliphatic rings. The maximum Gasteiger partial charge on any atom is 0.0171 e. The molecule has 0 atom stereocenters. The molecule has 0 unspecified atom stereocenters. The van der Waals surface area contributed by atoms with Crippen LogP contribution in [0.5, 0.6) is 0 Å². The van der Waals surface area contributed by atoms with Gasteiger partial charge in [-0.15, -0.1) is 0 Å². The molecule has 0 nitrogen and oxygen atoms in total. The summed E-state index contributed by atoms with van der Waals surface area (Å²) in [4.78, 5) is 0. The SMILES string of the molecule is CS[CH]CCSC. The summed E-state index contributed by atoms with van der Waals surface area (Å²) >= 11 is 3.70. The molecule has 0 amide bonds. The molecule has 0 spiro atoms. The van der Waals surface area contributed by atoms with Crippen molar-refractivity contribution in [3.05, 3.63) is 5.75 Å². The molecule has 0 aromatic rings. The van der Waals surface area contributed by atoms with E-state index in [4.69, 9.17) is 0 Å². The van der Waals surface area contributed by atoms with E-state index in [-0.39, 0.29) is 0 Å². The summed E-state index contributed by atoms with van der Waals surface area (Å²) in [6.45, 7) is 0. The quantitative estimate of drug-likeness (QED) is 0.542. The molecule has 0 aromatic heterocycles. The summed E-state index contributed by atoms with van der Waals surface area (Å²) in [7, 11) is 0. The van der Waals surface area contributed by atoms with Crippen LogP contribution in [0.1, 0.15) is 6.42 Å². The molecule has 0 aromatic carbocycles. The maximum atomic E-state index is 2.23. The van der Waals surface area contributed by atoms with E-state index in [9.17, 15) is 0 Å². The molecule has 2 heteroatoms. The van der Waals surface area contributed by atoms with Gasteiger partial charge in [-0.25, -0.2) is 0 Å². The van der Waals surface area contributed by atoms with Gasteiger partial charge in [-0.05, 0) is 24.7 Å². The summed E-state index contributed by atoms with van der Waals surface area (Å²) in [5.74, 6) is 3.50. The Morgan fingerprint density at radius 3 is 2.57 bits per heavy atom. The predicted octanol–water partition coefficient (Wildman–Crippen LogP) is 2.26. The van der Waals surface area contributed by atoms with E-state index in [1.165, 1.54) is 12.2 Å². The molecule has 0 saturated heterocycles. The monoisotopic (exact) mass is 135 g/mol. The van der Waals surface area contributed by atoms with Gasteiger partial charge in [-0.3, -0.25) is 0 Å². The predicted molar refractivity (Wildman–Crippen MR) is 40.8 cm³/mol. The van der Waals surface area contributed by atoms with Crippen LogP contribution in [0.3, 0.4) is 0 Å². The molecule has 0 fully saturated rings. The van der Waals surface area contributed by atoms with Gasteiger partial charge in [0.25, 0.3) is 0 Å². The second-order valence-corrected chi connectivity index (χ2v) is 2.97. The third kappa shape index (κ3) is 6.70. The zero-order valence-corrected chi connectivity index (χ0v) is 6.44. The lowest BCUT2D eigenvalue weighted by Crippen LogP contribution is -1.73. The van der Waals surface area contributed by atoms with Gasteiger partial charge in [-0.1, -0.05) is 0 Å². The van der Waals surface area contributed by atoms with E-state index in [1.807, 2.05) is 11.8 Å². The molecule has 1 radical (unpaired) electrons. The van der Waals surface area contributed by atoms with Crippen molar-refractivity contribution in [2.45, 2.75) is 6.42 Å². The van der Waals surface area contributed by atoms with Crippen molar-refractivity contribution in [2.75, 3.05) is 18.3 Å². The fourth-order valence-corrected chi connectivity index (χ4v) is 1.14. The molecule has 43 valence electrons. The number of hydrogen-bond acceptors (Lipinski definition) is 2. The van der Waals surface area contributed by atoms with Gasteiger partial charge in [-0.2, -0.15) is 23.5 Å². The minimum Gasteiger partial charge on any atom is -0.165 e. The summed E-state index contributed by atoms with van der Waals surface area (Å²) in [5.41, 5.74) is 0. The number of thioether (sulfide) groups is 2. The molecule has 0 N–H and O–H groups in total. The highest BCUT2D eigenvalue weighted by Crippen LogP contribution is 2.05. The Balaban J connectivity index is 2.45. The van der Waals surface area contributed by atoms with Crippen LogP contribution in [0, 0.1) is 5.75 Å². The Morgan fingerprint density at radius 1 is 1.43 bits per heavy atom. The normalized spacial score (nSPS) is 9.43. The Morgan fingerprint density at radius 2 is 2.14 bits per heavy atom. The second kappa shape index (κ2) is 6.70. The Kier molecular flexibility index (Phi) is 7.37. The zero-order chi connectivity index (χ0) is 5.54. The Labute approximate surface area is 54.4 Å². The van der Waals surface area contributed by atoms with Crippen LogP contribution in [0.2, 0.25) is 0 Å². The molecule has 0 bridgehead atoms. The summed E-state index contributed by atoms with van der Waals surface area (Å²) < 4.78 is 0. The topological polar surface area (TPSA) is 0 Å². The molecule has 0 saturated carbocycles. The van der Waals surface area contributed by atoms with Gasteiger partial charge in [0.1, 0.15) is 0 Å². The van der Waals surface area contributed by atoms with Crippen LogP contribution < -0.4 is 0 Å². The van der Waals surface area contributed by atoms with Crippen LogP contribution >= 0.6 is 23.5 Å². The fraction of sp³-hybridized carbons (Fsp3) is 0.800. The van der Waals surface area contributed by atoms with Gasteiger partial charge >= 0.3 is 0 Å². The Hall–Kier alpha value is 0.700. The average Bonchev–Trinajstić information content (AvgIpc) is 1.69. The van der Waals surface area contributed by atoms with Gasteiger partial charge in [0.05, 0.1) is 0 Å². The highest BCUT2D eigenvalue weighted by Gasteiger charge is 1.81. The van der Waals surface area contributed by atoms with E-state index < -0.39 is 0 Å². The standard InChI is InChI=1S/C5H11S2/c1-6-4-3-5-7-2/h4H,3,5H2,1-2H3. The first-order valence-corrected chi connectivity index (χ1v) is 4.93. The summed E-state index contributed by atoms with van der Waals surface area (Å²) in [6, 6.07) is 0. The molecule has 0 aliphatic heterocycles. The maximum absolute atomic E-state index is 2.23. The first-order chi connectivity index (χ1) is 3.41. The highest BCUT2D eigenvalue weighted by atomic mass is 32.2. The van der Waals surface area contributed by atoms with E-state index in [0.29, 0.717) is 0 Å². The van der Waals surface area contributed by atoms with E-state index in [0.717, 1.165) is 0 Å². The lowest BCUT2D eigenvalue weighted by Gasteiger charge is -1.90.